The summed E-state index contributed by atoms with van der Waals surface area (Å²) in [5.41, 5.74) is 6.67. The van der Waals surface area contributed by atoms with Gasteiger partial charge in [-0.05, 0) is 34.0 Å². The summed E-state index contributed by atoms with van der Waals surface area (Å²) in [6.45, 7) is 0. The minimum Gasteiger partial charge on any atom is -0.295 e. The van der Waals surface area contributed by atoms with Gasteiger partial charge in [0.1, 0.15) is 0 Å². The Balaban J connectivity index is 1.34. The molecular formula is C34H25N5O. The molecule has 192 valence electrons. The number of benzene rings is 5. The van der Waals surface area contributed by atoms with Gasteiger partial charge in [-0.25, -0.2) is 19.7 Å². The van der Waals surface area contributed by atoms with Crippen molar-refractivity contribution in [2.24, 2.45) is 14.1 Å². The zero-order valence-electron chi connectivity index (χ0n) is 22.1. The Morgan fingerprint density at radius 3 is 1.85 bits per heavy atom. The average Bonchev–Trinajstić information content (AvgIpc) is 3.24. The predicted molar refractivity (Wildman–Crippen MR) is 161 cm³/mol. The topological polar surface area (TPSA) is 65.6 Å². The summed E-state index contributed by atoms with van der Waals surface area (Å²) in [7, 11) is 3.60. The zero-order chi connectivity index (χ0) is 27.2. The number of rotatable bonds is 4. The molecule has 2 aromatic heterocycles. The van der Waals surface area contributed by atoms with E-state index in [4.69, 9.17) is 15.0 Å². The highest BCUT2D eigenvalue weighted by atomic mass is 16.1. The molecule has 0 amide bonds. The molecule has 6 nitrogen and oxygen atoms in total. The van der Waals surface area contributed by atoms with Crippen LogP contribution in [0.4, 0.5) is 0 Å². The van der Waals surface area contributed by atoms with E-state index in [0.29, 0.717) is 17.5 Å². The van der Waals surface area contributed by atoms with Crippen LogP contribution in [0, 0.1) is 0 Å². The first-order valence-corrected chi connectivity index (χ1v) is 13.1. The molecule has 40 heavy (non-hydrogen) atoms. The molecule has 0 aliphatic heterocycles. The average molecular weight is 520 g/mol. The Labute approximate surface area is 230 Å². The zero-order valence-corrected chi connectivity index (χ0v) is 22.1. The van der Waals surface area contributed by atoms with E-state index in [9.17, 15) is 4.79 Å². The van der Waals surface area contributed by atoms with Crippen LogP contribution < -0.4 is 5.69 Å². The minimum atomic E-state index is -0.0337. The van der Waals surface area contributed by atoms with Gasteiger partial charge in [-0.15, -0.1) is 0 Å². The summed E-state index contributed by atoms with van der Waals surface area (Å²) >= 11 is 0. The molecule has 7 aromatic rings. The van der Waals surface area contributed by atoms with Crippen LogP contribution in [0.2, 0.25) is 0 Å². The summed E-state index contributed by atoms with van der Waals surface area (Å²) in [4.78, 5) is 27.1. The van der Waals surface area contributed by atoms with Gasteiger partial charge in [-0.3, -0.25) is 9.13 Å². The Kier molecular flexibility index (Phi) is 5.60. The SMILES string of the molecule is Cn1c(=O)n(C)c2cc(-c3ccc(-c4nc(-c5ccccc5)nc(-c5cccc6ccccc56)n4)cc3)ccc21. The van der Waals surface area contributed by atoms with E-state index in [-0.39, 0.29) is 5.69 Å². The maximum Gasteiger partial charge on any atom is 0.328 e. The van der Waals surface area contributed by atoms with Crippen LogP contribution in [0.5, 0.6) is 0 Å². The third kappa shape index (κ3) is 3.98. The van der Waals surface area contributed by atoms with Gasteiger partial charge in [0.05, 0.1) is 11.0 Å². The fraction of sp³-hybridized carbons (Fsp3) is 0.0588. The number of hydrogen-bond donors (Lipinski definition) is 0. The largest absolute Gasteiger partial charge is 0.328 e. The van der Waals surface area contributed by atoms with E-state index in [2.05, 4.69) is 42.5 Å². The highest BCUT2D eigenvalue weighted by Crippen LogP contribution is 2.31. The summed E-state index contributed by atoms with van der Waals surface area (Å²) in [6, 6.07) is 38.8. The highest BCUT2D eigenvalue weighted by molar-refractivity contribution is 5.95. The van der Waals surface area contributed by atoms with Crippen molar-refractivity contribution in [3.05, 3.63) is 126 Å². The summed E-state index contributed by atoms with van der Waals surface area (Å²) < 4.78 is 3.35. The van der Waals surface area contributed by atoms with Gasteiger partial charge in [-0.1, -0.05) is 103 Å². The molecule has 6 heteroatoms. The van der Waals surface area contributed by atoms with Crippen LogP contribution in [-0.4, -0.2) is 24.1 Å². The molecule has 0 N–H and O–H groups in total. The monoisotopic (exact) mass is 519 g/mol. The molecule has 0 aliphatic rings. The fourth-order valence-electron chi connectivity index (χ4n) is 5.26. The van der Waals surface area contributed by atoms with E-state index in [0.717, 1.165) is 49.6 Å². The van der Waals surface area contributed by atoms with Gasteiger partial charge in [0.2, 0.25) is 0 Å². The Bertz CT molecular complexity index is 2090. The van der Waals surface area contributed by atoms with Crippen molar-refractivity contribution in [2.45, 2.75) is 0 Å². The molecule has 0 spiro atoms. The van der Waals surface area contributed by atoms with Gasteiger partial charge in [0.15, 0.2) is 17.5 Å². The second-order valence-corrected chi connectivity index (χ2v) is 9.88. The lowest BCUT2D eigenvalue weighted by atomic mass is 10.0. The maximum absolute atomic E-state index is 12.4. The highest BCUT2D eigenvalue weighted by Gasteiger charge is 2.15. The van der Waals surface area contributed by atoms with Crippen LogP contribution in [0.1, 0.15) is 0 Å². The van der Waals surface area contributed by atoms with E-state index in [1.807, 2.05) is 72.8 Å². The second kappa shape index (κ2) is 9.43. The summed E-state index contributed by atoms with van der Waals surface area (Å²) in [5, 5.41) is 2.24. The normalized spacial score (nSPS) is 11.3. The first kappa shape index (κ1) is 23.7. The van der Waals surface area contributed by atoms with Crippen molar-refractivity contribution in [2.75, 3.05) is 0 Å². The van der Waals surface area contributed by atoms with E-state index in [1.54, 1.807) is 23.2 Å². The molecule has 0 fully saturated rings. The molecule has 0 atom stereocenters. The summed E-state index contributed by atoms with van der Waals surface area (Å²) in [6.07, 6.45) is 0. The maximum atomic E-state index is 12.4. The number of fused-ring (bicyclic) bond motifs is 2. The Morgan fingerprint density at radius 1 is 0.500 bits per heavy atom. The molecule has 0 radical (unpaired) electrons. The summed E-state index contributed by atoms with van der Waals surface area (Å²) in [5.74, 6) is 1.89. The van der Waals surface area contributed by atoms with Crippen LogP contribution in [0.15, 0.2) is 120 Å². The van der Waals surface area contributed by atoms with Crippen molar-refractivity contribution in [1.82, 2.24) is 24.1 Å². The van der Waals surface area contributed by atoms with E-state index < -0.39 is 0 Å². The van der Waals surface area contributed by atoms with Crippen LogP contribution in [0.3, 0.4) is 0 Å². The molecule has 0 aliphatic carbocycles. The Hall–Kier alpha value is -5.36. The lowest BCUT2D eigenvalue weighted by Crippen LogP contribution is -2.19. The quantitative estimate of drug-likeness (QED) is 0.254. The van der Waals surface area contributed by atoms with Crippen molar-refractivity contribution in [1.29, 1.82) is 0 Å². The van der Waals surface area contributed by atoms with Crippen molar-refractivity contribution in [3.8, 4) is 45.3 Å². The number of imidazole rings is 1. The van der Waals surface area contributed by atoms with Gasteiger partial charge in [0, 0.05) is 30.8 Å². The third-order valence-electron chi connectivity index (χ3n) is 7.45. The fourth-order valence-corrected chi connectivity index (χ4v) is 5.26. The van der Waals surface area contributed by atoms with E-state index >= 15 is 0 Å². The van der Waals surface area contributed by atoms with Gasteiger partial charge < -0.3 is 0 Å². The predicted octanol–water partition coefficient (Wildman–Crippen LogP) is 6.88. The molecule has 0 saturated carbocycles. The second-order valence-electron chi connectivity index (χ2n) is 9.88. The van der Waals surface area contributed by atoms with Crippen molar-refractivity contribution < 1.29 is 0 Å². The number of aryl methyl sites for hydroxylation is 2. The first-order chi connectivity index (χ1) is 19.6. The minimum absolute atomic E-state index is 0.0337. The number of nitrogens with zero attached hydrogens (tertiary/aromatic N) is 5. The Morgan fingerprint density at radius 2 is 1.07 bits per heavy atom. The van der Waals surface area contributed by atoms with Gasteiger partial charge in [-0.2, -0.15) is 0 Å². The lowest BCUT2D eigenvalue weighted by molar-refractivity contribution is 0.795. The molecule has 5 aromatic carbocycles. The van der Waals surface area contributed by atoms with Crippen molar-refractivity contribution in [3.63, 3.8) is 0 Å². The smallest absolute Gasteiger partial charge is 0.295 e. The lowest BCUT2D eigenvalue weighted by Gasteiger charge is -2.11. The standard InChI is InChI=1S/C34H25N5O/c1-38-29-20-19-26(21-30(29)39(2)34(38)40)22-15-17-25(18-16-22)32-35-31(24-10-4-3-5-11-24)36-33(37-32)28-14-8-12-23-9-6-7-13-27(23)28/h3-21H,1-2H3. The number of hydrogen-bond acceptors (Lipinski definition) is 4. The molecule has 2 heterocycles. The van der Waals surface area contributed by atoms with Crippen LogP contribution >= 0.6 is 0 Å². The molecule has 0 bridgehead atoms. The third-order valence-corrected chi connectivity index (χ3v) is 7.45. The van der Waals surface area contributed by atoms with Crippen molar-refractivity contribution >= 4 is 21.8 Å². The van der Waals surface area contributed by atoms with Crippen LogP contribution in [0.25, 0.3) is 67.1 Å². The molecule has 0 saturated heterocycles. The van der Waals surface area contributed by atoms with E-state index in [1.165, 1.54) is 0 Å². The molecule has 0 unspecified atom stereocenters. The number of aromatic nitrogens is 5. The molecular weight excluding hydrogens is 494 g/mol. The van der Waals surface area contributed by atoms with Gasteiger partial charge >= 0.3 is 5.69 Å². The molecule has 7 rings (SSSR count). The van der Waals surface area contributed by atoms with Crippen LogP contribution in [-0.2, 0) is 14.1 Å². The first-order valence-electron chi connectivity index (χ1n) is 13.1. The van der Waals surface area contributed by atoms with Gasteiger partial charge in [0.25, 0.3) is 0 Å².